The van der Waals surface area contributed by atoms with Crippen LogP contribution in [0, 0.1) is 20.8 Å². The van der Waals surface area contributed by atoms with Gasteiger partial charge >= 0.3 is 0 Å². The minimum Gasteiger partial charge on any atom is -0.497 e. The molecule has 0 saturated heterocycles. The third-order valence-corrected chi connectivity index (χ3v) is 6.82. The number of amides is 1. The number of nitrogens with zero attached hydrogens (tertiary/aromatic N) is 1. The average molecular weight is 469 g/mol. The minimum atomic E-state index is -4.13. The summed E-state index contributed by atoms with van der Waals surface area (Å²) in [5.74, 6) is 0.303. The number of ether oxygens (including phenoxy) is 2. The third-order valence-electron chi connectivity index (χ3n) is 5.02. The van der Waals surface area contributed by atoms with Gasteiger partial charge in [-0.15, -0.1) is 0 Å². The molecule has 0 bridgehead atoms. The number of hydrogen-bond donors (Lipinski definition) is 1. The Morgan fingerprint density at radius 3 is 2.21 bits per heavy atom. The number of nitrogens with one attached hydrogen (secondary N) is 1. The van der Waals surface area contributed by atoms with Crippen LogP contribution in [0.5, 0.6) is 11.5 Å². The zero-order valence-corrected chi connectivity index (χ0v) is 20.2. The molecule has 3 rings (SSSR count). The first-order valence-electron chi connectivity index (χ1n) is 10.3. The van der Waals surface area contributed by atoms with Crippen molar-refractivity contribution in [2.75, 3.05) is 30.4 Å². The summed E-state index contributed by atoms with van der Waals surface area (Å²) in [6, 6.07) is 17.2. The van der Waals surface area contributed by atoms with Crippen molar-refractivity contribution in [2.45, 2.75) is 25.7 Å². The predicted molar refractivity (Wildman–Crippen MR) is 130 cm³/mol. The zero-order chi connectivity index (χ0) is 24.2. The van der Waals surface area contributed by atoms with E-state index in [4.69, 9.17) is 9.47 Å². The van der Waals surface area contributed by atoms with E-state index in [0.717, 1.165) is 21.0 Å². The topological polar surface area (TPSA) is 84.9 Å². The summed E-state index contributed by atoms with van der Waals surface area (Å²) in [5.41, 5.74) is 3.43. The quantitative estimate of drug-likeness (QED) is 0.528. The fourth-order valence-electron chi connectivity index (χ4n) is 3.55. The summed E-state index contributed by atoms with van der Waals surface area (Å²) in [4.78, 5) is 13.0. The number of rotatable bonds is 8. The van der Waals surface area contributed by atoms with Crippen LogP contribution in [0.1, 0.15) is 16.7 Å². The second-order valence-electron chi connectivity index (χ2n) is 7.79. The van der Waals surface area contributed by atoms with E-state index in [1.54, 1.807) is 61.5 Å². The number of methoxy groups -OCH3 is 2. The molecule has 0 heterocycles. The van der Waals surface area contributed by atoms with Crippen LogP contribution in [0.3, 0.4) is 0 Å². The molecule has 33 heavy (non-hydrogen) atoms. The van der Waals surface area contributed by atoms with Crippen LogP contribution in [0.4, 0.5) is 11.4 Å². The van der Waals surface area contributed by atoms with Crippen LogP contribution < -0.4 is 19.1 Å². The second kappa shape index (κ2) is 9.95. The van der Waals surface area contributed by atoms with Crippen molar-refractivity contribution in [3.8, 4) is 11.5 Å². The fourth-order valence-corrected chi connectivity index (χ4v) is 5.19. The number of aryl methyl sites for hydroxylation is 3. The van der Waals surface area contributed by atoms with E-state index in [1.165, 1.54) is 14.2 Å². The Kier molecular flexibility index (Phi) is 7.28. The highest BCUT2D eigenvalue weighted by Gasteiger charge is 2.30. The fraction of sp³-hybridized carbons (Fsp3) is 0.240. The molecule has 0 aliphatic heterocycles. The van der Waals surface area contributed by atoms with Gasteiger partial charge < -0.3 is 14.8 Å². The van der Waals surface area contributed by atoms with Crippen LogP contribution in [0.2, 0.25) is 0 Å². The summed E-state index contributed by atoms with van der Waals surface area (Å²) >= 11 is 0. The van der Waals surface area contributed by atoms with Crippen molar-refractivity contribution in [1.82, 2.24) is 0 Å². The first-order chi connectivity index (χ1) is 15.6. The molecule has 1 N–H and O–H groups in total. The van der Waals surface area contributed by atoms with Gasteiger partial charge in [0.2, 0.25) is 5.91 Å². The van der Waals surface area contributed by atoms with E-state index in [0.29, 0.717) is 17.1 Å². The Balaban J connectivity index is 2.05. The smallest absolute Gasteiger partial charge is 0.268 e. The molecule has 174 valence electrons. The number of anilines is 2. The van der Waals surface area contributed by atoms with E-state index in [2.05, 4.69) is 5.32 Å². The van der Waals surface area contributed by atoms with Gasteiger partial charge in [0.15, 0.2) is 0 Å². The van der Waals surface area contributed by atoms with Crippen molar-refractivity contribution in [3.05, 3.63) is 77.4 Å². The van der Waals surface area contributed by atoms with Crippen LogP contribution in [-0.2, 0) is 14.8 Å². The highest BCUT2D eigenvalue weighted by atomic mass is 32.2. The zero-order valence-electron chi connectivity index (χ0n) is 19.4. The number of carbonyl (C=O) groups is 1. The maximum absolute atomic E-state index is 13.8. The summed E-state index contributed by atoms with van der Waals surface area (Å²) in [6.45, 7) is 5.14. The first-order valence-corrected chi connectivity index (χ1v) is 11.8. The van der Waals surface area contributed by atoms with Crippen LogP contribution in [0.15, 0.2) is 65.6 Å². The lowest BCUT2D eigenvalue weighted by Crippen LogP contribution is -2.38. The summed E-state index contributed by atoms with van der Waals surface area (Å²) in [7, 11) is -1.18. The second-order valence-corrected chi connectivity index (χ2v) is 9.62. The van der Waals surface area contributed by atoms with Gasteiger partial charge in [-0.05, 0) is 73.9 Å². The average Bonchev–Trinajstić information content (AvgIpc) is 2.76. The Labute approximate surface area is 195 Å². The Hall–Kier alpha value is -3.52. The molecule has 0 unspecified atom stereocenters. The number of hydrogen-bond acceptors (Lipinski definition) is 5. The van der Waals surface area contributed by atoms with Gasteiger partial charge in [-0.25, -0.2) is 8.42 Å². The Morgan fingerprint density at radius 1 is 0.879 bits per heavy atom. The highest BCUT2D eigenvalue weighted by molar-refractivity contribution is 7.93. The van der Waals surface area contributed by atoms with Crippen LogP contribution in [-0.4, -0.2) is 35.1 Å². The molecule has 1 amide bonds. The van der Waals surface area contributed by atoms with E-state index in [1.807, 2.05) is 19.9 Å². The standard InChI is InChI=1S/C25H28N2O5S/c1-17-9-10-23(32-5)24(14-17)33(29,30)27(21-12-18(2)11-19(3)13-21)16-25(28)26-20-7-6-8-22(15-20)31-4/h6-15H,16H2,1-5H3,(H,26,28). The summed E-state index contributed by atoms with van der Waals surface area (Å²) < 4.78 is 39.3. The molecule has 3 aromatic rings. The van der Waals surface area contributed by atoms with Crippen molar-refractivity contribution in [3.63, 3.8) is 0 Å². The van der Waals surface area contributed by atoms with E-state index < -0.39 is 22.5 Å². The summed E-state index contributed by atoms with van der Waals surface area (Å²) in [5, 5.41) is 2.75. The normalized spacial score (nSPS) is 11.1. The molecule has 0 radical (unpaired) electrons. The maximum atomic E-state index is 13.8. The van der Waals surface area contributed by atoms with Crippen LogP contribution >= 0.6 is 0 Å². The molecule has 3 aromatic carbocycles. The van der Waals surface area contributed by atoms with Gasteiger partial charge in [0.05, 0.1) is 19.9 Å². The van der Waals surface area contributed by atoms with Gasteiger partial charge in [-0.2, -0.15) is 0 Å². The van der Waals surface area contributed by atoms with Gasteiger partial charge in [0.25, 0.3) is 10.0 Å². The monoisotopic (exact) mass is 468 g/mol. The molecule has 0 aliphatic rings. The van der Waals surface area contributed by atoms with Gasteiger partial charge in [0, 0.05) is 11.8 Å². The lowest BCUT2D eigenvalue weighted by Gasteiger charge is -2.26. The molecule has 0 atom stereocenters. The number of carbonyl (C=O) groups excluding carboxylic acids is 1. The molecule has 7 nitrogen and oxygen atoms in total. The van der Waals surface area contributed by atoms with Crippen molar-refractivity contribution in [1.29, 1.82) is 0 Å². The summed E-state index contributed by atoms with van der Waals surface area (Å²) in [6.07, 6.45) is 0. The van der Waals surface area contributed by atoms with Gasteiger partial charge in [-0.1, -0.05) is 18.2 Å². The Bertz CT molecular complexity index is 1250. The predicted octanol–water partition coefficient (Wildman–Crippen LogP) is 4.46. The van der Waals surface area contributed by atoms with E-state index in [9.17, 15) is 13.2 Å². The maximum Gasteiger partial charge on any atom is 0.268 e. The molecular weight excluding hydrogens is 440 g/mol. The molecular formula is C25H28N2O5S. The third kappa shape index (κ3) is 5.64. The molecule has 0 aliphatic carbocycles. The van der Waals surface area contributed by atoms with Crippen molar-refractivity contribution < 1.29 is 22.7 Å². The number of benzene rings is 3. The SMILES string of the molecule is COc1cccc(NC(=O)CN(c2cc(C)cc(C)c2)S(=O)(=O)c2cc(C)ccc2OC)c1. The molecule has 0 fully saturated rings. The molecule has 0 aromatic heterocycles. The van der Waals surface area contributed by atoms with Crippen molar-refractivity contribution in [2.24, 2.45) is 0 Å². The van der Waals surface area contributed by atoms with Gasteiger partial charge in [-0.3, -0.25) is 9.10 Å². The highest BCUT2D eigenvalue weighted by Crippen LogP contribution is 2.32. The van der Waals surface area contributed by atoms with E-state index >= 15 is 0 Å². The largest absolute Gasteiger partial charge is 0.497 e. The molecule has 0 spiro atoms. The van der Waals surface area contributed by atoms with Gasteiger partial charge in [0.1, 0.15) is 22.9 Å². The minimum absolute atomic E-state index is 0.00154. The molecule has 8 heteroatoms. The molecule has 0 saturated carbocycles. The van der Waals surface area contributed by atoms with E-state index in [-0.39, 0.29) is 10.6 Å². The number of sulfonamides is 1. The van der Waals surface area contributed by atoms with Crippen LogP contribution in [0.25, 0.3) is 0 Å². The lowest BCUT2D eigenvalue weighted by atomic mass is 10.1. The first kappa shape index (κ1) is 24.1. The van der Waals surface area contributed by atoms with Crippen molar-refractivity contribution >= 4 is 27.3 Å². The lowest BCUT2D eigenvalue weighted by molar-refractivity contribution is -0.114. The Morgan fingerprint density at radius 2 is 1.58 bits per heavy atom.